The van der Waals surface area contributed by atoms with Crippen LogP contribution in [0.1, 0.15) is 43.7 Å². The number of hydrogen-bond donors (Lipinski definition) is 3. The normalized spacial score (nSPS) is 21.2. The van der Waals surface area contributed by atoms with Crippen LogP contribution in [0.3, 0.4) is 0 Å². The molecule has 5 nitrogen and oxygen atoms in total. The molecule has 2 fully saturated rings. The Morgan fingerprint density at radius 1 is 1.08 bits per heavy atom. The molecule has 5 rings (SSSR count). The average molecular weight is 497 g/mol. The molecule has 1 saturated carbocycles. The summed E-state index contributed by atoms with van der Waals surface area (Å²) in [6.45, 7) is 4.12. The number of aromatic nitrogens is 1. The number of benzene rings is 2. The second-order valence-electron chi connectivity index (χ2n) is 10.3. The summed E-state index contributed by atoms with van der Waals surface area (Å²) in [4.78, 5) is 6.47. The first kappa shape index (κ1) is 24.6. The van der Waals surface area contributed by atoms with Crippen molar-refractivity contribution in [2.75, 3.05) is 23.3 Å². The summed E-state index contributed by atoms with van der Waals surface area (Å²) in [7, 11) is 0. The van der Waals surface area contributed by atoms with E-state index in [2.05, 4.69) is 22.1 Å². The van der Waals surface area contributed by atoms with E-state index in [1.807, 2.05) is 6.07 Å². The molecule has 1 aliphatic carbocycles. The van der Waals surface area contributed by atoms with Gasteiger partial charge in [-0.15, -0.1) is 0 Å². The zero-order valence-electron chi connectivity index (χ0n) is 20.3. The summed E-state index contributed by atoms with van der Waals surface area (Å²) in [6.07, 6.45) is 6.16. The van der Waals surface area contributed by atoms with Gasteiger partial charge in [-0.05, 0) is 73.1 Å². The molecule has 2 heterocycles. The van der Waals surface area contributed by atoms with Gasteiger partial charge in [-0.1, -0.05) is 13.0 Å². The SMILES string of the molecule is C[C@@H]1C[C@H](N)CN(c2ccncc2NCc2ccc(F)c(-c3c(F)cc(C4(O)CCC4)cc3F)c2)C1. The zero-order chi connectivity index (χ0) is 25.4. The number of nitrogens with two attached hydrogens (primary N) is 1. The molecule has 36 heavy (non-hydrogen) atoms. The van der Waals surface area contributed by atoms with E-state index in [1.54, 1.807) is 18.5 Å². The standard InChI is InChI=1S/C28H31F3N4O/c1-17-9-20(32)16-35(15-17)26-5-8-33-14-25(26)34-13-18-3-4-22(29)21(10-18)27-23(30)11-19(12-24(27)31)28(36)6-2-7-28/h3-5,8,10-12,14,17,20,34,36H,2,6-7,9,13,15-16,32H2,1H3/t17-,20+/m1/s1. The molecule has 2 aliphatic rings. The lowest BCUT2D eigenvalue weighted by Gasteiger charge is -2.37. The van der Waals surface area contributed by atoms with Crippen molar-refractivity contribution in [3.05, 3.63) is 77.4 Å². The second-order valence-corrected chi connectivity index (χ2v) is 10.3. The monoisotopic (exact) mass is 496 g/mol. The third-order valence-electron chi connectivity index (χ3n) is 7.37. The molecule has 2 aromatic carbocycles. The lowest BCUT2D eigenvalue weighted by molar-refractivity contribution is -0.0392. The van der Waals surface area contributed by atoms with E-state index in [0.29, 0.717) is 30.9 Å². The fourth-order valence-corrected chi connectivity index (χ4v) is 5.37. The molecule has 3 aromatic rings. The Hall–Kier alpha value is -3.10. The topological polar surface area (TPSA) is 74.4 Å². The first-order valence-corrected chi connectivity index (χ1v) is 12.4. The van der Waals surface area contributed by atoms with Crippen LogP contribution in [0, 0.1) is 23.4 Å². The molecule has 8 heteroatoms. The summed E-state index contributed by atoms with van der Waals surface area (Å²) in [6, 6.07) is 8.52. The van der Waals surface area contributed by atoms with Crippen molar-refractivity contribution < 1.29 is 18.3 Å². The quantitative estimate of drug-likeness (QED) is 0.431. The van der Waals surface area contributed by atoms with Crippen LogP contribution >= 0.6 is 0 Å². The van der Waals surface area contributed by atoms with Crippen LogP contribution in [0.2, 0.25) is 0 Å². The van der Waals surface area contributed by atoms with Gasteiger partial charge in [0.25, 0.3) is 0 Å². The molecule has 190 valence electrons. The van der Waals surface area contributed by atoms with Gasteiger partial charge in [0, 0.05) is 37.4 Å². The van der Waals surface area contributed by atoms with Crippen molar-refractivity contribution in [2.24, 2.45) is 11.7 Å². The molecule has 1 aliphatic heterocycles. The van der Waals surface area contributed by atoms with Gasteiger partial charge in [0.05, 0.1) is 28.7 Å². The van der Waals surface area contributed by atoms with E-state index in [0.717, 1.165) is 49.4 Å². The molecule has 2 atom stereocenters. The summed E-state index contributed by atoms with van der Waals surface area (Å²) in [5.74, 6) is -2.03. The number of pyridine rings is 1. The number of hydrogen-bond acceptors (Lipinski definition) is 5. The fourth-order valence-electron chi connectivity index (χ4n) is 5.37. The maximum Gasteiger partial charge on any atom is 0.134 e. The molecule has 0 amide bonds. The minimum atomic E-state index is -1.21. The Bertz CT molecular complexity index is 1230. The third kappa shape index (κ3) is 4.80. The van der Waals surface area contributed by atoms with Gasteiger partial charge in [0.1, 0.15) is 17.5 Å². The van der Waals surface area contributed by atoms with Gasteiger partial charge in [-0.25, -0.2) is 13.2 Å². The van der Waals surface area contributed by atoms with Crippen LogP contribution in [-0.2, 0) is 12.1 Å². The highest BCUT2D eigenvalue weighted by molar-refractivity contribution is 5.70. The summed E-state index contributed by atoms with van der Waals surface area (Å²) >= 11 is 0. The third-order valence-corrected chi connectivity index (χ3v) is 7.37. The first-order chi connectivity index (χ1) is 17.2. The number of aliphatic hydroxyl groups is 1. The highest BCUT2D eigenvalue weighted by Gasteiger charge is 2.37. The molecule has 4 N–H and O–H groups in total. The lowest BCUT2D eigenvalue weighted by atomic mass is 9.75. The van der Waals surface area contributed by atoms with E-state index in [1.165, 1.54) is 12.1 Å². The van der Waals surface area contributed by atoms with Gasteiger partial charge < -0.3 is 21.1 Å². The number of nitrogens with zero attached hydrogens (tertiary/aromatic N) is 2. The van der Waals surface area contributed by atoms with Crippen LogP contribution in [0.25, 0.3) is 11.1 Å². The maximum atomic E-state index is 15.0. The molecular weight excluding hydrogens is 465 g/mol. The lowest BCUT2D eigenvalue weighted by Crippen LogP contribution is -2.46. The van der Waals surface area contributed by atoms with Crippen molar-refractivity contribution in [1.82, 2.24) is 4.98 Å². The van der Waals surface area contributed by atoms with Gasteiger partial charge in [-0.3, -0.25) is 4.98 Å². The van der Waals surface area contributed by atoms with Gasteiger partial charge >= 0.3 is 0 Å². The van der Waals surface area contributed by atoms with Crippen LogP contribution in [-0.4, -0.2) is 29.2 Å². The Labute approximate surface area is 209 Å². The van der Waals surface area contributed by atoms with Crippen LogP contribution in [0.5, 0.6) is 0 Å². The van der Waals surface area contributed by atoms with Crippen LogP contribution < -0.4 is 16.0 Å². The van der Waals surface area contributed by atoms with E-state index in [-0.39, 0.29) is 17.2 Å². The Balaban J connectivity index is 1.39. The van der Waals surface area contributed by atoms with E-state index in [4.69, 9.17) is 5.73 Å². The maximum absolute atomic E-state index is 15.0. The smallest absolute Gasteiger partial charge is 0.134 e. The molecule has 1 aromatic heterocycles. The van der Waals surface area contributed by atoms with Gasteiger partial charge in [0.2, 0.25) is 0 Å². The largest absolute Gasteiger partial charge is 0.385 e. The average Bonchev–Trinajstić information content (AvgIpc) is 2.82. The van der Waals surface area contributed by atoms with Crippen molar-refractivity contribution >= 4 is 11.4 Å². The van der Waals surface area contributed by atoms with E-state index in [9.17, 15) is 9.50 Å². The second kappa shape index (κ2) is 9.75. The van der Waals surface area contributed by atoms with E-state index >= 15 is 8.78 Å². The van der Waals surface area contributed by atoms with Crippen molar-refractivity contribution in [3.63, 3.8) is 0 Å². The summed E-state index contributed by atoms with van der Waals surface area (Å²) in [5.41, 5.74) is 7.08. The Morgan fingerprint density at radius 3 is 2.50 bits per heavy atom. The highest BCUT2D eigenvalue weighted by Crippen LogP contribution is 2.43. The van der Waals surface area contributed by atoms with Crippen molar-refractivity contribution in [2.45, 2.75) is 50.8 Å². The van der Waals surface area contributed by atoms with Crippen LogP contribution in [0.15, 0.2) is 48.8 Å². The predicted molar refractivity (Wildman–Crippen MR) is 135 cm³/mol. The molecular formula is C28H31F3N4O. The molecule has 0 bridgehead atoms. The van der Waals surface area contributed by atoms with Crippen LogP contribution in [0.4, 0.5) is 24.5 Å². The van der Waals surface area contributed by atoms with Gasteiger partial charge in [-0.2, -0.15) is 0 Å². The zero-order valence-corrected chi connectivity index (χ0v) is 20.3. The first-order valence-electron chi connectivity index (χ1n) is 12.4. The Kier molecular flexibility index (Phi) is 6.66. The molecule has 0 radical (unpaired) electrons. The Morgan fingerprint density at radius 2 is 1.83 bits per heavy atom. The van der Waals surface area contributed by atoms with E-state index < -0.39 is 28.6 Å². The highest BCUT2D eigenvalue weighted by atomic mass is 19.1. The number of anilines is 2. The summed E-state index contributed by atoms with van der Waals surface area (Å²) in [5, 5.41) is 13.8. The molecule has 0 spiro atoms. The van der Waals surface area contributed by atoms with Crippen molar-refractivity contribution in [3.8, 4) is 11.1 Å². The fraction of sp³-hybridized carbons (Fsp3) is 0.393. The molecule has 0 unspecified atom stereocenters. The minimum Gasteiger partial charge on any atom is -0.385 e. The summed E-state index contributed by atoms with van der Waals surface area (Å²) < 4.78 is 44.8. The van der Waals surface area contributed by atoms with Gasteiger partial charge in [0.15, 0.2) is 0 Å². The minimum absolute atomic E-state index is 0.0932. The van der Waals surface area contributed by atoms with Crippen molar-refractivity contribution in [1.29, 1.82) is 0 Å². The number of piperidine rings is 1. The predicted octanol–water partition coefficient (Wildman–Crippen LogP) is 5.32. The molecule has 1 saturated heterocycles. The number of nitrogens with one attached hydrogen (secondary N) is 1. The number of rotatable bonds is 6. The number of halogens is 3.